The van der Waals surface area contributed by atoms with Gasteiger partial charge in [-0.3, -0.25) is 38.5 Å². The lowest BCUT2D eigenvalue weighted by Gasteiger charge is -2.41. The molecule has 6 amide bonds. The monoisotopic (exact) mass is 1550 g/mol. The summed E-state index contributed by atoms with van der Waals surface area (Å²) in [7, 11) is 12.2. The first kappa shape index (κ1) is 99.2. The molecule has 0 unspecified atom stereocenters. The number of nitrogens with zero attached hydrogens (tertiary/aromatic N) is 6. The number of aliphatic carboxylic acids is 2. The fourth-order valence-electron chi connectivity index (χ4n) is 14.0. The number of ether oxygens (including phenoxy) is 7. The molecule has 0 aliphatic carbocycles. The lowest BCUT2D eigenvalue weighted by Crippen LogP contribution is -2.56. The molecule has 0 radical (unpaired) electrons. The fourth-order valence-corrected chi connectivity index (χ4v) is 14.0. The van der Waals surface area contributed by atoms with E-state index in [0.29, 0.717) is 32.4 Å². The number of likely N-dealkylation sites (N-methyl/N-ethyl adjacent to an activating group) is 4. The van der Waals surface area contributed by atoms with Crippen molar-refractivity contribution in [2.24, 2.45) is 59.0 Å². The molecule has 1 aromatic carbocycles. The van der Waals surface area contributed by atoms with Crippen LogP contribution in [0.2, 0.25) is 0 Å². The minimum atomic E-state index is -2.38. The van der Waals surface area contributed by atoms with Crippen molar-refractivity contribution in [3.8, 4) is 5.75 Å². The van der Waals surface area contributed by atoms with Crippen molar-refractivity contribution < 1.29 is 113 Å². The summed E-state index contributed by atoms with van der Waals surface area (Å²) in [4.78, 5) is 138. The molecule has 2 saturated heterocycles. The Morgan fingerprint density at radius 1 is 0.491 bits per heavy atom. The largest absolute Gasteiger partial charge is 0.481 e. The Morgan fingerprint density at radius 3 is 1.13 bits per heavy atom. The van der Waals surface area contributed by atoms with Crippen LogP contribution in [0.15, 0.2) is 0 Å². The first-order valence-corrected chi connectivity index (χ1v) is 37.4. The van der Waals surface area contributed by atoms with E-state index in [1.807, 2.05) is 69.2 Å². The van der Waals surface area contributed by atoms with Gasteiger partial charge in [0.2, 0.25) is 58.5 Å². The quantitative estimate of drug-likeness (QED) is 0.0187. The zero-order valence-electron chi connectivity index (χ0n) is 69.3. The SMILES string of the molecule is CC(C)[C@@H](C(=O)Oc1c(F)c(F)c(F)c(F)c1F)N(C)C(=O)OC(C)(C)C.CC[C@H](C)[C@@H]([C@@H](CC(=O)N1CCC[C@H]1[C@H](OC)[C@@H](C)C(=O)O)OC)N(C)C(=O)[C@@H](CC(=O)[C@H](C(C)C)N(C)C(=O)OC(C)(C)C)C(C)C.CC[C@H](C)[C@@H]([C@@H](CC(=O)N1CCC[C@H]1[C@H](OC)[C@@H](C)C(=O)O)OC)N(C)C(=O)[C@@H](N)C(C)C. The lowest BCUT2D eigenvalue weighted by atomic mass is 9.83. The third-order valence-electron chi connectivity index (χ3n) is 20.4. The number of carbonyl (C=O) groups is 10. The molecule has 0 saturated carbocycles. The van der Waals surface area contributed by atoms with Gasteiger partial charge in [-0.2, -0.15) is 8.78 Å². The highest BCUT2D eigenvalue weighted by Gasteiger charge is 2.47. The summed E-state index contributed by atoms with van der Waals surface area (Å²) in [5, 5.41) is 19.1. The van der Waals surface area contributed by atoms with Crippen LogP contribution in [0.4, 0.5) is 31.5 Å². The molecule has 26 nitrogen and oxygen atoms in total. The number of methoxy groups -OCH3 is 4. The molecule has 4 N–H and O–H groups in total. The molecule has 2 aliphatic heterocycles. The number of ketones is 1. The van der Waals surface area contributed by atoms with Crippen LogP contribution in [0.5, 0.6) is 5.75 Å². The first-order valence-electron chi connectivity index (χ1n) is 37.4. The molecule has 2 fully saturated rings. The van der Waals surface area contributed by atoms with E-state index < -0.39 is 148 Å². The number of nitrogens with two attached hydrogens (primary N) is 1. The Morgan fingerprint density at radius 2 is 0.833 bits per heavy atom. The number of carboxylic acids is 2. The molecular weight excluding hydrogens is 1420 g/mol. The molecule has 31 heteroatoms. The van der Waals surface area contributed by atoms with Gasteiger partial charge in [0.05, 0.1) is 85.3 Å². The van der Waals surface area contributed by atoms with Crippen molar-refractivity contribution in [2.45, 2.75) is 274 Å². The summed E-state index contributed by atoms with van der Waals surface area (Å²) in [6.45, 7) is 36.7. The molecule has 3 rings (SSSR count). The predicted molar refractivity (Wildman–Crippen MR) is 395 cm³/mol. The van der Waals surface area contributed by atoms with E-state index in [1.165, 1.54) is 47.1 Å². The maximum absolute atomic E-state index is 14.3. The van der Waals surface area contributed by atoms with Crippen LogP contribution in [-0.4, -0.2) is 247 Å². The van der Waals surface area contributed by atoms with E-state index >= 15 is 0 Å². The van der Waals surface area contributed by atoms with Gasteiger partial charge in [-0.05, 0) is 117 Å². The predicted octanol–water partition coefficient (Wildman–Crippen LogP) is 11.3. The van der Waals surface area contributed by atoms with E-state index in [1.54, 1.807) is 103 Å². The van der Waals surface area contributed by atoms with E-state index in [9.17, 15) is 80.1 Å². The Hall–Kier alpha value is -6.83. The molecule has 0 aromatic heterocycles. The van der Waals surface area contributed by atoms with Crippen LogP contribution in [0.25, 0.3) is 0 Å². The standard InChI is InChI=1S/C36H65N3O9.C24H45N3O6.C17H20F5NO4/c1-15-23(6)31(28(46-13)20-29(41)39-18-16-17-26(39)32(47-14)24(7)34(43)44)37(11)33(42)25(21(2)3)19-27(40)30(22(4)5)38(12)35(45)48-36(8,9)10;1-9-15(4)21(26(6)23(29)20(25)14(2)3)18(32-7)13-19(28)27-12-10-11-17(27)22(33-8)16(5)24(30)31;1-7(2)13(23(6)16(25)27-17(3,4)5)15(24)26-14-11(21)9(19)8(18)10(20)12(14)22/h21-26,28,30-32H,15-20H2,1-14H3,(H,43,44);14-18,20-22H,9-13,25H2,1-8H3,(H,30,31);7,13H,1-6H3/t23-,24+,25-,26-,28+,30-,31-,32+;15-,16+,17-,18+,20-,21-,22+;13-/m000/s1. The van der Waals surface area contributed by atoms with Gasteiger partial charge in [0.25, 0.3) is 0 Å². The number of Topliss-reactive ketones (excluding diaryl/α,β-unsaturated/α-hetero) is 1. The number of hydrogen-bond donors (Lipinski definition) is 3. The van der Waals surface area contributed by atoms with E-state index in [0.717, 1.165) is 24.2 Å². The normalized spacial score (nSPS) is 18.6. The number of carbonyl (C=O) groups excluding carboxylic acids is 8. The van der Waals surface area contributed by atoms with Crippen molar-refractivity contribution in [2.75, 3.05) is 69.7 Å². The molecule has 622 valence electrons. The number of hydrogen-bond acceptors (Lipinski definition) is 18. The van der Waals surface area contributed by atoms with Crippen LogP contribution in [0.3, 0.4) is 0 Å². The molecule has 16 atom stereocenters. The molecule has 2 aliphatic rings. The zero-order chi connectivity index (χ0) is 84.0. The summed E-state index contributed by atoms with van der Waals surface area (Å²) in [5.41, 5.74) is 4.52. The molecule has 0 bridgehead atoms. The van der Waals surface area contributed by atoms with Crippen molar-refractivity contribution in [3.63, 3.8) is 0 Å². The second-order valence-corrected chi connectivity index (χ2v) is 32.0. The highest BCUT2D eigenvalue weighted by molar-refractivity contribution is 5.92. The van der Waals surface area contributed by atoms with Crippen LogP contribution in [-0.2, 0) is 66.8 Å². The van der Waals surface area contributed by atoms with E-state index in [2.05, 4.69) is 4.74 Å². The number of esters is 1. The number of halogens is 5. The van der Waals surface area contributed by atoms with Gasteiger partial charge in [-0.15, -0.1) is 0 Å². The Kier molecular flexibility index (Phi) is 40.7. The number of amides is 6. The number of likely N-dealkylation sites (tertiary alicyclic amines) is 2. The molecule has 108 heavy (non-hydrogen) atoms. The smallest absolute Gasteiger partial charge is 0.410 e. The number of carboxylic acid groups (broad SMARTS) is 2. The molecule has 2 heterocycles. The van der Waals surface area contributed by atoms with Gasteiger partial charge in [0.1, 0.15) is 17.2 Å². The lowest BCUT2D eigenvalue weighted by molar-refractivity contribution is -0.152. The van der Waals surface area contributed by atoms with Gasteiger partial charge in [-0.1, -0.05) is 95.9 Å². The average Bonchev–Trinajstić information content (AvgIpc) is 0.957. The minimum absolute atomic E-state index is 0.00110. The van der Waals surface area contributed by atoms with Gasteiger partial charge >= 0.3 is 30.1 Å². The third kappa shape index (κ3) is 27.3. The summed E-state index contributed by atoms with van der Waals surface area (Å²) in [6, 6.07) is -4.29. The van der Waals surface area contributed by atoms with E-state index in [-0.39, 0.29) is 96.4 Å². The van der Waals surface area contributed by atoms with Gasteiger partial charge < -0.3 is 73.6 Å². The maximum Gasteiger partial charge on any atom is 0.410 e. The summed E-state index contributed by atoms with van der Waals surface area (Å²) < 4.78 is 105. The second kappa shape index (κ2) is 44.3. The Balaban J connectivity index is 0.000000850. The van der Waals surface area contributed by atoms with Crippen molar-refractivity contribution in [1.29, 1.82) is 0 Å². The molecule has 0 spiro atoms. The summed E-state index contributed by atoms with van der Waals surface area (Å²) in [5.74, 6) is -20.6. The maximum atomic E-state index is 14.3. The second-order valence-electron chi connectivity index (χ2n) is 32.0. The van der Waals surface area contributed by atoms with Crippen LogP contribution in [0, 0.1) is 82.3 Å². The topological polar surface area (TPSA) is 321 Å². The summed E-state index contributed by atoms with van der Waals surface area (Å²) in [6.07, 6.45) is 0.463. The average molecular weight is 1550 g/mol. The van der Waals surface area contributed by atoms with Crippen molar-refractivity contribution in [1.82, 2.24) is 29.4 Å². The number of benzene rings is 1. The van der Waals surface area contributed by atoms with Gasteiger partial charge in [0, 0.05) is 82.1 Å². The van der Waals surface area contributed by atoms with Crippen molar-refractivity contribution in [3.05, 3.63) is 29.1 Å². The first-order chi connectivity index (χ1) is 49.7. The number of rotatable bonds is 35. The van der Waals surface area contributed by atoms with E-state index in [4.69, 9.17) is 34.2 Å². The third-order valence-corrected chi connectivity index (χ3v) is 20.4. The Labute approximate surface area is 637 Å². The van der Waals surface area contributed by atoms with Crippen LogP contribution in [0.1, 0.15) is 196 Å². The highest BCUT2D eigenvalue weighted by Crippen LogP contribution is 2.35. The Bertz CT molecular complexity index is 3100. The highest BCUT2D eigenvalue weighted by atomic mass is 19.2. The minimum Gasteiger partial charge on any atom is -0.481 e. The zero-order valence-corrected chi connectivity index (χ0v) is 69.3. The van der Waals surface area contributed by atoms with Crippen LogP contribution >= 0.6 is 0 Å². The van der Waals surface area contributed by atoms with Gasteiger partial charge in [-0.25, -0.2) is 27.6 Å². The summed E-state index contributed by atoms with van der Waals surface area (Å²) >= 11 is 0. The van der Waals surface area contributed by atoms with Gasteiger partial charge in [0.15, 0.2) is 5.78 Å². The molecular formula is C77H130F5N7O19. The fraction of sp³-hybridized carbons (Fsp3) is 0.792. The van der Waals surface area contributed by atoms with Crippen LogP contribution < -0.4 is 10.5 Å². The molecule has 1 aromatic rings. The van der Waals surface area contributed by atoms with Crippen molar-refractivity contribution >= 4 is 59.5 Å².